The van der Waals surface area contributed by atoms with Crippen molar-refractivity contribution in [2.45, 2.75) is 38.3 Å². The number of hydrogen-bond acceptors (Lipinski definition) is 5. The maximum absolute atomic E-state index is 11.8. The number of carbonyl (C=O) groups is 3. The Morgan fingerprint density at radius 3 is 2.63 bits per heavy atom. The lowest BCUT2D eigenvalue weighted by atomic mass is 10.0. The number of carboxylic acids is 1. The van der Waals surface area contributed by atoms with Crippen LogP contribution in [0, 0.1) is 5.92 Å². The van der Waals surface area contributed by atoms with Crippen molar-refractivity contribution in [1.29, 1.82) is 0 Å². The molecule has 0 aromatic rings. The van der Waals surface area contributed by atoms with Gasteiger partial charge >= 0.3 is 11.9 Å². The number of nitrogens with one attached hydrogen (secondary N) is 1. The number of esters is 1. The van der Waals surface area contributed by atoms with E-state index in [4.69, 9.17) is 9.84 Å². The predicted octanol–water partition coefficient (Wildman–Crippen LogP) is -0.0660. The Morgan fingerprint density at radius 1 is 1.47 bits per heavy atom. The van der Waals surface area contributed by atoms with Gasteiger partial charge in [0.25, 0.3) is 0 Å². The maximum Gasteiger partial charge on any atom is 0.326 e. The van der Waals surface area contributed by atoms with Crippen molar-refractivity contribution in [3.63, 3.8) is 0 Å². The van der Waals surface area contributed by atoms with Gasteiger partial charge in [-0.1, -0.05) is 0 Å². The molecule has 1 aliphatic heterocycles. The molecule has 7 heteroatoms. The molecule has 1 amide bonds. The van der Waals surface area contributed by atoms with Gasteiger partial charge in [0.05, 0.1) is 25.7 Å². The van der Waals surface area contributed by atoms with Gasteiger partial charge in [0, 0.05) is 6.42 Å². The third-order valence-electron chi connectivity index (χ3n) is 3.05. The van der Waals surface area contributed by atoms with E-state index < -0.39 is 18.0 Å². The Morgan fingerprint density at radius 2 is 2.16 bits per heavy atom. The Labute approximate surface area is 111 Å². The normalized spacial score (nSPS) is 23.7. The SMILES string of the molecule is COC(=O)CC[C@@H](NC(=O)C1COC(C)C1)C(=O)O. The van der Waals surface area contributed by atoms with Crippen LogP contribution in [0.3, 0.4) is 0 Å². The lowest BCUT2D eigenvalue weighted by Crippen LogP contribution is -2.44. The summed E-state index contributed by atoms with van der Waals surface area (Å²) in [7, 11) is 1.23. The van der Waals surface area contributed by atoms with Crippen molar-refractivity contribution in [3.8, 4) is 0 Å². The van der Waals surface area contributed by atoms with Gasteiger partial charge in [-0.3, -0.25) is 9.59 Å². The largest absolute Gasteiger partial charge is 0.480 e. The second kappa shape index (κ2) is 7.08. The third-order valence-corrected chi connectivity index (χ3v) is 3.05. The predicted molar refractivity (Wildman–Crippen MR) is 64.3 cm³/mol. The zero-order valence-corrected chi connectivity index (χ0v) is 11.0. The number of aliphatic carboxylic acids is 1. The van der Waals surface area contributed by atoms with E-state index in [0.29, 0.717) is 13.0 Å². The number of methoxy groups -OCH3 is 1. The second-order valence-electron chi connectivity index (χ2n) is 4.59. The number of rotatable bonds is 6. The van der Waals surface area contributed by atoms with Crippen molar-refractivity contribution < 1.29 is 29.0 Å². The smallest absolute Gasteiger partial charge is 0.326 e. The van der Waals surface area contributed by atoms with Crippen LogP contribution in [0.5, 0.6) is 0 Å². The highest BCUT2D eigenvalue weighted by Crippen LogP contribution is 2.19. The summed E-state index contributed by atoms with van der Waals surface area (Å²) in [6.45, 7) is 2.16. The molecule has 0 aromatic heterocycles. The first-order valence-corrected chi connectivity index (χ1v) is 6.15. The summed E-state index contributed by atoms with van der Waals surface area (Å²) < 4.78 is 9.70. The molecule has 0 aromatic carbocycles. The van der Waals surface area contributed by atoms with Crippen LogP contribution in [0.15, 0.2) is 0 Å². The van der Waals surface area contributed by atoms with Crippen molar-refractivity contribution >= 4 is 17.8 Å². The van der Waals surface area contributed by atoms with E-state index in [1.165, 1.54) is 7.11 Å². The van der Waals surface area contributed by atoms with Crippen LogP contribution in [-0.4, -0.2) is 48.8 Å². The van der Waals surface area contributed by atoms with Crippen molar-refractivity contribution in [3.05, 3.63) is 0 Å². The van der Waals surface area contributed by atoms with Crippen LogP contribution in [-0.2, 0) is 23.9 Å². The minimum Gasteiger partial charge on any atom is -0.480 e. The molecule has 1 saturated heterocycles. The number of ether oxygens (including phenoxy) is 2. The van der Waals surface area contributed by atoms with E-state index in [9.17, 15) is 14.4 Å². The molecule has 1 rings (SSSR count). The van der Waals surface area contributed by atoms with Gasteiger partial charge in [0.1, 0.15) is 6.04 Å². The fraction of sp³-hybridized carbons (Fsp3) is 0.750. The highest BCUT2D eigenvalue weighted by molar-refractivity contribution is 5.85. The van der Waals surface area contributed by atoms with Gasteiger partial charge in [0.2, 0.25) is 5.91 Å². The fourth-order valence-electron chi connectivity index (χ4n) is 1.91. The quantitative estimate of drug-likeness (QED) is 0.657. The molecule has 2 N–H and O–H groups in total. The number of carbonyl (C=O) groups excluding carboxylic acids is 2. The molecule has 0 saturated carbocycles. The first-order chi connectivity index (χ1) is 8.93. The first kappa shape index (κ1) is 15.4. The minimum absolute atomic E-state index is 0.00842. The summed E-state index contributed by atoms with van der Waals surface area (Å²) in [6, 6.07) is -1.08. The van der Waals surface area contributed by atoms with E-state index in [-0.39, 0.29) is 30.8 Å². The Hall–Kier alpha value is -1.63. The molecule has 0 radical (unpaired) electrons. The molecule has 3 atom stereocenters. The summed E-state index contributed by atoms with van der Waals surface area (Å²) in [5.74, 6) is -2.33. The Kier molecular flexibility index (Phi) is 5.75. The van der Waals surface area contributed by atoms with Gasteiger partial charge in [-0.05, 0) is 19.8 Å². The Balaban J connectivity index is 2.46. The molecular weight excluding hydrogens is 254 g/mol. The minimum atomic E-state index is -1.16. The molecule has 1 heterocycles. The van der Waals surface area contributed by atoms with Gasteiger partial charge in [-0.2, -0.15) is 0 Å². The van der Waals surface area contributed by atoms with Crippen LogP contribution in [0.1, 0.15) is 26.2 Å². The molecule has 0 bridgehead atoms. The molecule has 108 valence electrons. The molecule has 0 spiro atoms. The zero-order valence-electron chi connectivity index (χ0n) is 11.0. The summed E-state index contributed by atoms with van der Waals surface area (Å²) in [4.78, 5) is 33.8. The molecule has 0 aliphatic carbocycles. The van der Waals surface area contributed by atoms with E-state index in [0.717, 1.165) is 0 Å². The molecule has 1 fully saturated rings. The second-order valence-corrected chi connectivity index (χ2v) is 4.59. The number of carboxylic acid groups (broad SMARTS) is 1. The summed E-state index contributed by atoms with van der Waals surface area (Å²) in [5, 5.41) is 11.4. The third kappa shape index (κ3) is 4.86. The van der Waals surface area contributed by atoms with Crippen LogP contribution >= 0.6 is 0 Å². The van der Waals surface area contributed by atoms with Gasteiger partial charge in [-0.25, -0.2) is 4.79 Å². The monoisotopic (exact) mass is 273 g/mol. The van der Waals surface area contributed by atoms with Gasteiger partial charge in [0.15, 0.2) is 0 Å². The van der Waals surface area contributed by atoms with E-state index in [1.54, 1.807) is 0 Å². The maximum atomic E-state index is 11.8. The van der Waals surface area contributed by atoms with Crippen LogP contribution in [0.2, 0.25) is 0 Å². The van der Waals surface area contributed by atoms with Crippen molar-refractivity contribution in [2.24, 2.45) is 5.92 Å². The number of amides is 1. The average Bonchev–Trinajstić information content (AvgIpc) is 2.80. The molecule has 2 unspecified atom stereocenters. The summed E-state index contributed by atoms with van der Waals surface area (Å²) in [5.41, 5.74) is 0. The molecule has 7 nitrogen and oxygen atoms in total. The standard InChI is InChI=1S/C12H19NO6/c1-7-5-8(6-19-7)11(15)13-9(12(16)17)3-4-10(14)18-2/h7-9H,3-6H2,1-2H3,(H,13,15)(H,16,17)/t7?,8?,9-/m1/s1. The summed E-state index contributed by atoms with van der Waals surface area (Å²) >= 11 is 0. The molecule has 1 aliphatic rings. The Bertz CT molecular complexity index is 356. The highest BCUT2D eigenvalue weighted by Gasteiger charge is 2.31. The summed E-state index contributed by atoms with van der Waals surface area (Å²) in [6.07, 6.45) is 0.547. The lowest BCUT2D eigenvalue weighted by molar-refractivity contribution is -0.144. The van der Waals surface area contributed by atoms with E-state index in [1.807, 2.05) is 6.92 Å². The van der Waals surface area contributed by atoms with Crippen LogP contribution < -0.4 is 5.32 Å². The average molecular weight is 273 g/mol. The highest BCUT2D eigenvalue weighted by atomic mass is 16.5. The molecule has 19 heavy (non-hydrogen) atoms. The lowest BCUT2D eigenvalue weighted by Gasteiger charge is -2.16. The topological polar surface area (TPSA) is 102 Å². The zero-order chi connectivity index (χ0) is 14.4. The van der Waals surface area contributed by atoms with Crippen LogP contribution in [0.25, 0.3) is 0 Å². The van der Waals surface area contributed by atoms with Crippen molar-refractivity contribution in [1.82, 2.24) is 5.32 Å². The van der Waals surface area contributed by atoms with E-state index in [2.05, 4.69) is 10.1 Å². The fourth-order valence-corrected chi connectivity index (χ4v) is 1.91. The van der Waals surface area contributed by atoms with Gasteiger partial charge < -0.3 is 19.9 Å². The number of hydrogen-bond donors (Lipinski definition) is 2. The van der Waals surface area contributed by atoms with Crippen LogP contribution in [0.4, 0.5) is 0 Å². The first-order valence-electron chi connectivity index (χ1n) is 6.15. The van der Waals surface area contributed by atoms with E-state index >= 15 is 0 Å². The van der Waals surface area contributed by atoms with Crippen molar-refractivity contribution in [2.75, 3.05) is 13.7 Å². The van der Waals surface area contributed by atoms with Gasteiger partial charge in [-0.15, -0.1) is 0 Å². The molecular formula is C12H19NO6.